The van der Waals surface area contributed by atoms with Gasteiger partial charge in [-0.2, -0.15) is 5.10 Å². The first-order valence-electron chi connectivity index (χ1n) is 5.27. The molecule has 0 spiro atoms. The first-order valence-corrected chi connectivity index (χ1v) is 5.27. The van der Waals surface area contributed by atoms with Crippen LogP contribution in [-0.2, 0) is 6.42 Å². The van der Waals surface area contributed by atoms with E-state index in [4.69, 9.17) is 5.73 Å². The van der Waals surface area contributed by atoms with E-state index in [1.54, 1.807) is 0 Å². The minimum absolute atomic E-state index is 0.264. The molecule has 0 saturated carbocycles. The Balaban J connectivity index is 2.14. The molecule has 4 heteroatoms. The number of nitrogens with zero attached hydrogens (tertiary/aromatic N) is 1. The van der Waals surface area contributed by atoms with Crippen molar-refractivity contribution in [2.75, 3.05) is 6.54 Å². The zero-order chi connectivity index (χ0) is 11.4. The molecule has 2 rings (SSSR count). The number of benzene rings is 1. The summed E-state index contributed by atoms with van der Waals surface area (Å²) in [5, 5.41) is 16.5. The largest absolute Gasteiger partial charge is 0.391 e. The van der Waals surface area contributed by atoms with Crippen LogP contribution >= 0.6 is 0 Å². The zero-order valence-electron chi connectivity index (χ0n) is 8.93. The number of aliphatic hydroxyl groups excluding tert-OH is 1. The van der Waals surface area contributed by atoms with E-state index in [1.165, 1.54) is 0 Å². The predicted octanol–water partition coefficient (Wildman–Crippen LogP) is 0.939. The van der Waals surface area contributed by atoms with Crippen LogP contribution in [0, 0.1) is 0 Å². The van der Waals surface area contributed by atoms with Crippen LogP contribution in [0.4, 0.5) is 0 Å². The molecule has 16 heavy (non-hydrogen) atoms. The lowest BCUT2D eigenvalue weighted by Crippen LogP contribution is -2.22. The van der Waals surface area contributed by atoms with Crippen molar-refractivity contribution in [1.82, 2.24) is 10.2 Å². The molecule has 4 N–H and O–H groups in total. The molecule has 1 unspecified atom stereocenters. The molecule has 0 aliphatic rings. The van der Waals surface area contributed by atoms with Crippen LogP contribution < -0.4 is 5.73 Å². The first kappa shape index (κ1) is 10.9. The van der Waals surface area contributed by atoms with Crippen molar-refractivity contribution in [3.8, 4) is 11.3 Å². The average molecular weight is 217 g/mol. The van der Waals surface area contributed by atoms with E-state index in [9.17, 15) is 5.11 Å². The third kappa shape index (κ3) is 2.48. The molecule has 4 nitrogen and oxygen atoms in total. The quantitative estimate of drug-likeness (QED) is 0.713. The Labute approximate surface area is 94.1 Å². The number of rotatable bonds is 4. The average Bonchev–Trinajstić information content (AvgIpc) is 2.78. The molecule has 0 amide bonds. The Morgan fingerprint density at radius 3 is 2.75 bits per heavy atom. The minimum atomic E-state index is -0.510. The van der Waals surface area contributed by atoms with Crippen LogP contribution in [0.25, 0.3) is 11.3 Å². The van der Waals surface area contributed by atoms with E-state index < -0.39 is 6.10 Å². The van der Waals surface area contributed by atoms with Crippen molar-refractivity contribution < 1.29 is 5.11 Å². The fourth-order valence-electron chi connectivity index (χ4n) is 1.56. The standard InChI is InChI=1S/C12H15N3O/c13-8-11(16)6-10-7-12(15-14-10)9-4-2-1-3-5-9/h1-5,7,11,16H,6,8,13H2,(H,14,15). The van der Waals surface area contributed by atoms with Gasteiger partial charge in [-0.15, -0.1) is 0 Å². The Hall–Kier alpha value is -1.65. The Kier molecular flexibility index (Phi) is 3.34. The van der Waals surface area contributed by atoms with Crippen molar-refractivity contribution in [1.29, 1.82) is 0 Å². The Morgan fingerprint density at radius 1 is 1.31 bits per heavy atom. The maximum absolute atomic E-state index is 9.42. The Morgan fingerprint density at radius 2 is 2.06 bits per heavy atom. The fraction of sp³-hybridized carbons (Fsp3) is 0.250. The monoisotopic (exact) mass is 217 g/mol. The fourth-order valence-corrected chi connectivity index (χ4v) is 1.56. The molecule has 0 aliphatic heterocycles. The summed E-state index contributed by atoms with van der Waals surface area (Å²) >= 11 is 0. The van der Waals surface area contributed by atoms with Crippen molar-refractivity contribution in [3.05, 3.63) is 42.1 Å². The van der Waals surface area contributed by atoms with Gasteiger partial charge in [0.25, 0.3) is 0 Å². The van der Waals surface area contributed by atoms with Gasteiger partial charge in [0.1, 0.15) is 0 Å². The molecule has 0 fully saturated rings. The number of hydrogen-bond donors (Lipinski definition) is 3. The number of hydrogen-bond acceptors (Lipinski definition) is 3. The molecular formula is C12H15N3O. The van der Waals surface area contributed by atoms with Gasteiger partial charge in [-0.1, -0.05) is 30.3 Å². The molecular weight excluding hydrogens is 202 g/mol. The summed E-state index contributed by atoms with van der Waals surface area (Å²) in [5.41, 5.74) is 8.20. The third-order valence-electron chi connectivity index (χ3n) is 2.43. The van der Waals surface area contributed by atoms with Crippen LogP contribution in [0.2, 0.25) is 0 Å². The highest BCUT2D eigenvalue weighted by Crippen LogP contribution is 2.17. The van der Waals surface area contributed by atoms with Crippen molar-refractivity contribution in [3.63, 3.8) is 0 Å². The predicted molar refractivity (Wildman–Crippen MR) is 62.8 cm³/mol. The highest BCUT2D eigenvalue weighted by atomic mass is 16.3. The van der Waals surface area contributed by atoms with Gasteiger partial charge in [0.15, 0.2) is 0 Å². The number of nitrogens with one attached hydrogen (secondary N) is 1. The molecule has 0 aliphatic carbocycles. The topological polar surface area (TPSA) is 74.9 Å². The van der Waals surface area contributed by atoms with Gasteiger partial charge < -0.3 is 10.8 Å². The molecule has 84 valence electrons. The second kappa shape index (κ2) is 4.92. The number of aromatic amines is 1. The van der Waals surface area contributed by atoms with Gasteiger partial charge >= 0.3 is 0 Å². The lowest BCUT2D eigenvalue weighted by atomic mass is 10.1. The lowest BCUT2D eigenvalue weighted by Gasteiger charge is -2.03. The highest BCUT2D eigenvalue weighted by molar-refractivity contribution is 5.58. The van der Waals surface area contributed by atoms with Gasteiger partial charge in [-0.05, 0) is 6.07 Å². The zero-order valence-corrected chi connectivity index (χ0v) is 8.93. The molecule has 0 radical (unpaired) electrons. The maximum atomic E-state index is 9.42. The van der Waals surface area contributed by atoms with E-state index >= 15 is 0 Å². The summed E-state index contributed by atoms with van der Waals surface area (Å²) in [4.78, 5) is 0. The van der Waals surface area contributed by atoms with Gasteiger partial charge in [-0.3, -0.25) is 5.10 Å². The first-order chi connectivity index (χ1) is 7.79. The summed E-state index contributed by atoms with van der Waals surface area (Å²) in [7, 11) is 0. The summed E-state index contributed by atoms with van der Waals surface area (Å²) in [5.74, 6) is 0. The van der Waals surface area contributed by atoms with Gasteiger partial charge in [0.05, 0.1) is 11.8 Å². The van der Waals surface area contributed by atoms with Crippen LogP contribution in [0.15, 0.2) is 36.4 Å². The number of aliphatic hydroxyl groups is 1. The SMILES string of the molecule is NCC(O)Cc1cc(-c2ccccc2)n[nH]1. The van der Waals surface area contributed by atoms with Crippen molar-refractivity contribution in [2.24, 2.45) is 5.73 Å². The number of nitrogens with two attached hydrogens (primary N) is 1. The second-order valence-corrected chi connectivity index (χ2v) is 3.74. The molecule has 2 aromatic rings. The van der Waals surface area contributed by atoms with E-state index in [-0.39, 0.29) is 6.54 Å². The van der Waals surface area contributed by atoms with Crippen LogP contribution in [0.1, 0.15) is 5.69 Å². The normalized spacial score (nSPS) is 12.6. The number of H-pyrrole nitrogens is 1. The van der Waals surface area contributed by atoms with Gasteiger partial charge in [0, 0.05) is 24.2 Å². The van der Waals surface area contributed by atoms with Gasteiger partial charge in [0.2, 0.25) is 0 Å². The van der Waals surface area contributed by atoms with Crippen molar-refractivity contribution in [2.45, 2.75) is 12.5 Å². The van der Waals surface area contributed by atoms with E-state index in [1.807, 2.05) is 36.4 Å². The second-order valence-electron chi connectivity index (χ2n) is 3.74. The van der Waals surface area contributed by atoms with Crippen LogP contribution in [-0.4, -0.2) is 28.0 Å². The third-order valence-corrected chi connectivity index (χ3v) is 2.43. The maximum Gasteiger partial charge on any atom is 0.0923 e. The van der Waals surface area contributed by atoms with E-state index in [0.29, 0.717) is 6.42 Å². The van der Waals surface area contributed by atoms with Crippen molar-refractivity contribution >= 4 is 0 Å². The molecule has 1 aromatic carbocycles. The molecule has 1 heterocycles. The van der Waals surface area contributed by atoms with E-state index in [2.05, 4.69) is 10.2 Å². The van der Waals surface area contributed by atoms with Gasteiger partial charge in [-0.25, -0.2) is 0 Å². The van der Waals surface area contributed by atoms with E-state index in [0.717, 1.165) is 17.0 Å². The summed E-state index contributed by atoms with van der Waals surface area (Å²) in [6, 6.07) is 11.8. The lowest BCUT2D eigenvalue weighted by molar-refractivity contribution is 0.182. The Bertz CT molecular complexity index is 439. The smallest absolute Gasteiger partial charge is 0.0923 e. The summed E-state index contributed by atoms with van der Waals surface area (Å²) in [6.45, 7) is 0.264. The molecule has 1 atom stereocenters. The molecule has 0 bridgehead atoms. The van der Waals surface area contributed by atoms with Crippen LogP contribution in [0.3, 0.4) is 0 Å². The molecule has 1 aromatic heterocycles. The summed E-state index contributed by atoms with van der Waals surface area (Å²) < 4.78 is 0. The molecule has 0 saturated heterocycles. The minimum Gasteiger partial charge on any atom is -0.391 e. The number of aromatic nitrogens is 2. The summed E-state index contributed by atoms with van der Waals surface area (Å²) in [6.07, 6.45) is 0.000134. The van der Waals surface area contributed by atoms with Crippen LogP contribution in [0.5, 0.6) is 0 Å². The highest BCUT2D eigenvalue weighted by Gasteiger charge is 2.07.